The fourth-order valence-corrected chi connectivity index (χ4v) is 2.54. The number of benzene rings is 1. The van der Waals surface area contributed by atoms with Gasteiger partial charge in [-0.25, -0.2) is 4.99 Å². The summed E-state index contributed by atoms with van der Waals surface area (Å²) in [5.41, 5.74) is 13.6. The molecule has 0 aromatic heterocycles. The van der Waals surface area contributed by atoms with Crippen molar-refractivity contribution in [3.63, 3.8) is 0 Å². The Kier molecular flexibility index (Phi) is 3.75. The Morgan fingerprint density at radius 3 is 2.72 bits per heavy atom. The molecule has 18 heavy (non-hydrogen) atoms. The number of nitrogens with two attached hydrogens (primary N) is 2. The summed E-state index contributed by atoms with van der Waals surface area (Å²) in [5.74, 6) is 0.752. The van der Waals surface area contributed by atoms with Crippen molar-refractivity contribution in [3.8, 4) is 0 Å². The van der Waals surface area contributed by atoms with Gasteiger partial charge in [0.2, 0.25) is 0 Å². The molecule has 1 aromatic rings. The predicted octanol–water partition coefficient (Wildman–Crippen LogP) is 1.71. The van der Waals surface area contributed by atoms with Crippen LogP contribution >= 0.6 is 0 Å². The van der Waals surface area contributed by atoms with E-state index in [1.165, 1.54) is 11.3 Å². The van der Waals surface area contributed by atoms with Crippen LogP contribution in [-0.2, 0) is 6.42 Å². The summed E-state index contributed by atoms with van der Waals surface area (Å²) >= 11 is 0. The van der Waals surface area contributed by atoms with Gasteiger partial charge in [-0.15, -0.1) is 0 Å². The third-order valence-corrected chi connectivity index (χ3v) is 3.29. The van der Waals surface area contributed by atoms with Crippen molar-refractivity contribution in [2.75, 3.05) is 5.32 Å². The maximum Gasteiger partial charge on any atom is 0.186 e. The molecule has 2 atom stereocenters. The van der Waals surface area contributed by atoms with Gasteiger partial charge in [0.15, 0.2) is 5.96 Å². The highest BCUT2D eigenvalue weighted by atomic mass is 15.1. The zero-order valence-electron chi connectivity index (χ0n) is 11.1. The predicted molar refractivity (Wildman–Crippen MR) is 76.6 cm³/mol. The molecule has 4 heteroatoms. The minimum absolute atomic E-state index is 0.141. The molecule has 0 amide bonds. The second kappa shape index (κ2) is 5.29. The summed E-state index contributed by atoms with van der Waals surface area (Å²) in [7, 11) is 0. The molecule has 0 radical (unpaired) electrons. The molecule has 2 unspecified atom stereocenters. The van der Waals surface area contributed by atoms with Crippen LogP contribution in [0.2, 0.25) is 0 Å². The third kappa shape index (κ3) is 2.94. The summed E-state index contributed by atoms with van der Waals surface area (Å²) in [5, 5.41) is 3.53. The van der Waals surface area contributed by atoms with Gasteiger partial charge in [-0.2, -0.15) is 0 Å². The second-order valence-electron chi connectivity index (χ2n) is 5.36. The maximum atomic E-state index is 5.54. The Morgan fingerprint density at radius 2 is 2.11 bits per heavy atom. The van der Waals surface area contributed by atoms with Gasteiger partial charge in [-0.3, -0.25) is 0 Å². The Balaban J connectivity index is 2.12. The van der Waals surface area contributed by atoms with E-state index >= 15 is 0 Å². The smallest absolute Gasteiger partial charge is 0.186 e. The lowest BCUT2D eigenvalue weighted by atomic mass is 9.96. The monoisotopic (exact) mass is 246 g/mol. The summed E-state index contributed by atoms with van der Waals surface area (Å²) in [6, 6.07) is 8.82. The number of fused-ring (bicyclic) bond motifs is 1. The summed E-state index contributed by atoms with van der Waals surface area (Å²) < 4.78 is 0. The molecule has 2 rings (SSSR count). The fraction of sp³-hybridized carbons (Fsp3) is 0.500. The number of hydrogen-bond donors (Lipinski definition) is 3. The van der Waals surface area contributed by atoms with E-state index in [1.54, 1.807) is 0 Å². The first-order chi connectivity index (χ1) is 8.56. The van der Waals surface area contributed by atoms with Crippen molar-refractivity contribution >= 4 is 11.6 Å². The van der Waals surface area contributed by atoms with E-state index in [1.807, 2.05) is 6.07 Å². The Morgan fingerprint density at radius 1 is 1.39 bits per heavy atom. The highest BCUT2D eigenvalue weighted by Gasteiger charge is 2.28. The van der Waals surface area contributed by atoms with Crippen LogP contribution in [0.1, 0.15) is 25.8 Å². The van der Waals surface area contributed by atoms with Gasteiger partial charge in [-0.05, 0) is 30.4 Å². The van der Waals surface area contributed by atoms with Gasteiger partial charge in [0.25, 0.3) is 0 Å². The lowest BCUT2D eigenvalue weighted by Crippen LogP contribution is -2.35. The molecule has 0 spiro atoms. The van der Waals surface area contributed by atoms with Crippen molar-refractivity contribution in [2.45, 2.75) is 38.8 Å². The number of para-hydroxylation sites is 1. The van der Waals surface area contributed by atoms with Crippen molar-refractivity contribution in [1.29, 1.82) is 0 Å². The summed E-state index contributed by atoms with van der Waals surface area (Å²) in [4.78, 5) is 4.39. The Bertz CT molecular complexity index is 410. The normalized spacial score (nSPS) is 19.2. The van der Waals surface area contributed by atoms with E-state index in [-0.39, 0.29) is 12.0 Å². The van der Waals surface area contributed by atoms with E-state index in [0.29, 0.717) is 12.0 Å². The standard InChI is InChI=1S/C14H22N4/c1-9(2)7-12(18-14(15)16)13-8-10-5-3-4-6-11(10)17-13/h3-6,9,12-13,17H,7-8H2,1-2H3,(H4,15,16,18). The average Bonchev–Trinajstić information content (AvgIpc) is 2.70. The molecule has 0 bridgehead atoms. The summed E-state index contributed by atoms with van der Waals surface area (Å²) in [6.45, 7) is 4.38. The molecule has 1 aromatic carbocycles. The number of hydrogen-bond acceptors (Lipinski definition) is 2. The first-order valence-corrected chi connectivity index (χ1v) is 6.49. The van der Waals surface area contributed by atoms with Crippen LogP contribution in [0.15, 0.2) is 29.3 Å². The van der Waals surface area contributed by atoms with E-state index in [0.717, 1.165) is 12.8 Å². The lowest BCUT2D eigenvalue weighted by molar-refractivity contribution is 0.454. The topological polar surface area (TPSA) is 76.4 Å². The first kappa shape index (κ1) is 12.7. The molecule has 1 aliphatic rings. The molecule has 1 aliphatic heterocycles. The molecular formula is C14H22N4. The lowest BCUT2D eigenvalue weighted by Gasteiger charge is -2.22. The van der Waals surface area contributed by atoms with E-state index in [2.05, 4.69) is 42.4 Å². The minimum Gasteiger partial charge on any atom is -0.380 e. The number of anilines is 1. The first-order valence-electron chi connectivity index (χ1n) is 6.49. The van der Waals surface area contributed by atoms with E-state index in [9.17, 15) is 0 Å². The van der Waals surface area contributed by atoms with Gasteiger partial charge in [0.05, 0.1) is 12.1 Å². The molecule has 5 N–H and O–H groups in total. The quantitative estimate of drug-likeness (QED) is 0.559. The molecule has 4 nitrogen and oxygen atoms in total. The minimum atomic E-state index is 0.141. The Hall–Kier alpha value is -1.71. The number of guanidine groups is 1. The SMILES string of the molecule is CC(C)CC(N=C(N)N)C1Cc2ccccc2N1. The molecule has 0 saturated heterocycles. The molecule has 98 valence electrons. The molecular weight excluding hydrogens is 224 g/mol. The fourth-order valence-electron chi connectivity index (χ4n) is 2.54. The number of aliphatic imine (C=N–C) groups is 1. The van der Waals surface area contributed by atoms with E-state index in [4.69, 9.17) is 11.5 Å². The van der Waals surface area contributed by atoms with Gasteiger partial charge in [0, 0.05) is 5.69 Å². The van der Waals surface area contributed by atoms with Crippen LogP contribution < -0.4 is 16.8 Å². The summed E-state index contributed by atoms with van der Waals surface area (Å²) in [6.07, 6.45) is 1.98. The zero-order valence-corrected chi connectivity index (χ0v) is 11.1. The zero-order chi connectivity index (χ0) is 13.1. The third-order valence-electron chi connectivity index (χ3n) is 3.29. The van der Waals surface area contributed by atoms with E-state index < -0.39 is 0 Å². The highest BCUT2D eigenvalue weighted by Crippen LogP contribution is 2.29. The van der Waals surface area contributed by atoms with Crippen LogP contribution in [0.25, 0.3) is 0 Å². The number of nitrogens with one attached hydrogen (secondary N) is 1. The molecule has 0 saturated carbocycles. The van der Waals surface area contributed by atoms with Crippen molar-refractivity contribution in [3.05, 3.63) is 29.8 Å². The Labute approximate surface area is 108 Å². The van der Waals surface area contributed by atoms with Gasteiger partial charge < -0.3 is 16.8 Å². The van der Waals surface area contributed by atoms with Gasteiger partial charge in [-0.1, -0.05) is 32.0 Å². The van der Waals surface area contributed by atoms with Gasteiger partial charge in [0.1, 0.15) is 0 Å². The number of nitrogens with zero attached hydrogens (tertiary/aromatic N) is 1. The highest BCUT2D eigenvalue weighted by molar-refractivity contribution is 5.76. The number of rotatable bonds is 4. The second-order valence-corrected chi connectivity index (χ2v) is 5.36. The van der Waals surface area contributed by atoms with Gasteiger partial charge >= 0.3 is 0 Å². The van der Waals surface area contributed by atoms with Crippen LogP contribution in [0.3, 0.4) is 0 Å². The largest absolute Gasteiger partial charge is 0.380 e. The average molecular weight is 246 g/mol. The molecule has 0 fully saturated rings. The van der Waals surface area contributed by atoms with Crippen molar-refractivity contribution in [1.82, 2.24) is 0 Å². The van der Waals surface area contributed by atoms with Crippen molar-refractivity contribution in [2.24, 2.45) is 22.4 Å². The molecule has 0 aliphatic carbocycles. The van der Waals surface area contributed by atoms with Crippen LogP contribution in [0.5, 0.6) is 0 Å². The van der Waals surface area contributed by atoms with Crippen LogP contribution in [0, 0.1) is 5.92 Å². The molecule has 1 heterocycles. The van der Waals surface area contributed by atoms with Crippen molar-refractivity contribution < 1.29 is 0 Å². The van der Waals surface area contributed by atoms with Crippen LogP contribution in [-0.4, -0.2) is 18.0 Å². The van der Waals surface area contributed by atoms with Crippen LogP contribution in [0.4, 0.5) is 5.69 Å². The maximum absolute atomic E-state index is 5.54.